The van der Waals surface area contributed by atoms with Crippen LogP contribution >= 0.6 is 0 Å². The number of para-hydroxylation sites is 2. The number of amides is 2. The van der Waals surface area contributed by atoms with Crippen LogP contribution in [0.4, 0.5) is 0 Å². The van der Waals surface area contributed by atoms with Gasteiger partial charge in [-0.2, -0.15) is 0 Å². The predicted molar refractivity (Wildman–Crippen MR) is 125 cm³/mol. The van der Waals surface area contributed by atoms with Crippen LogP contribution in [0.25, 0.3) is 11.0 Å². The van der Waals surface area contributed by atoms with E-state index in [0.29, 0.717) is 55.2 Å². The van der Waals surface area contributed by atoms with Gasteiger partial charge in [-0.15, -0.1) is 0 Å². The smallest absolute Gasteiger partial charge is 0.260 e. The summed E-state index contributed by atoms with van der Waals surface area (Å²) in [5, 5.41) is 0. The molecule has 1 aliphatic heterocycles. The number of carbonyl (C=O) groups is 2. The first-order valence-electron chi connectivity index (χ1n) is 11.0. The number of nitrogens with zero attached hydrogens (tertiary/aromatic N) is 4. The average molecular weight is 449 g/mol. The van der Waals surface area contributed by atoms with E-state index in [0.717, 1.165) is 16.9 Å². The SMILES string of the molecule is COc1ccccc1OCC(=O)N1CCCN(C(=O)c2ccc3nc(C)c(C)nc3c2)CC1. The summed E-state index contributed by atoms with van der Waals surface area (Å²) < 4.78 is 10.9. The van der Waals surface area contributed by atoms with Gasteiger partial charge in [-0.25, -0.2) is 9.97 Å². The number of aryl methyl sites for hydroxylation is 2. The van der Waals surface area contributed by atoms with E-state index in [1.165, 1.54) is 0 Å². The number of benzene rings is 2. The first-order chi connectivity index (χ1) is 16.0. The van der Waals surface area contributed by atoms with Crippen molar-refractivity contribution in [1.82, 2.24) is 19.8 Å². The predicted octanol–water partition coefficient (Wildman–Crippen LogP) is 3.01. The molecule has 0 radical (unpaired) electrons. The second-order valence-corrected chi connectivity index (χ2v) is 8.06. The zero-order valence-electron chi connectivity index (χ0n) is 19.2. The van der Waals surface area contributed by atoms with Crippen molar-refractivity contribution in [3.8, 4) is 11.5 Å². The summed E-state index contributed by atoms with van der Waals surface area (Å²) >= 11 is 0. The van der Waals surface area contributed by atoms with Gasteiger partial charge < -0.3 is 19.3 Å². The molecule has 1 saturated heterocycles. The van der Waals surface area contributed by atoms with Gasteiger partial charge in [-0.05, 0) is 50.6 Å². The lowest BCUT2D eigenvalue weighted by Gasteiger charge is -2.22. The van der Waals surface area contributed by atoms with Crippen molar-refractivity contribution >= 4 is 22.8 Å². The first kappa shape index (κ1) is 22.5. The van der Waals surface area contributed by atoms with Gasteiger partial charge in [0.05, 0.1) is 29.5 Å². The van der Waals surface area contributed by atoms with E-state index in [1.54, 1.807) is 41.2 Å². The maximum absolute atomic E-state index is 13.1. The van der Waals surface area contributed by atoms with Gasteiger partial charge >= 0.3 is 0 Å². The second kappa shape index (κ2) is 9.85. The lowest BCUT2D eigenvalue weighted by Crippen LogP contribution is -2.39. The number of carbonyl (C=O) groups excluding carboxylic acids is 2. The molecule has 1 fully saturated rings. The van der Waals surface area contributed by atoms with Crippen LogP contribution in [0, 0.1) is 13.8 Å². The monoisotopic (exact) mass is 448 g/mol. The van der Waals surface area contributed by atoms with Crippen molar-refractivity contribution in [2.75, 3.05) is 39.9 Å². The Hall–Kier alpha value is -3.68. The Morgan fingerprint density at radius 2 is 1.55 bits per heavy atom. The summed E-state index contributed by atoms with van der Waals surface area (Å²) in [6, 6.07) is 12.7. The van der Waals surface area contributed by atoms with Crippen LogP contribution in [-0.2, 0) is 4.79 Å². The molecule has 2 amide bonds. The van der Waals surface area contributed by atoms with Crippen LogP contribution in [0.2, 0.25) is 0 Å². The van der Waals surface area contributed by atoms with Crippen LogP contribution in [0.15, 0.2) is 42.5 Å². The fourth-order valence-electron chi connectivity index (χ4n) is 3.89. The van der Waals surface area contributed by atoms with Crippen LogP contribution in [0.5, 0.6) is 11.5 Å². The van der Waals surface area contributed by atoms with Crippen molar-refractivity contribution in [1.29, 1.82) is 0 Å². The summed E-state index contributed by atoms with van der Waals surface area (Å²) in [5.74, 6) is 0.951. The molecule has 172 valence electrons. The summed E-state index contributed by atoms with van der Waals surface area (Å²) in [6.07, 6.45) is 0.706. The number of rotatable bonds is 5. The Morgan fingerprint density at radius 3 is 2.30 bits per heavy atom. The Balaban J connectivity index is 1.38. The Labute approximate surface area is 193 Å². The van der Waals surface area contributed by atoms with Crippen molar-refractivity contribution in [3.63, 3.8) is 0 Å². The topological polar surface area (TPSA) is 84.9 Å². The molecule has 4 rings (SSSR count). The molecular formula is C25H28N4O4. The summed E-state index contributed by atoms with van der Waals surface area (Å²) in [4.78, 5) is 38.5. The van der Waals surface area contributed by atoms with Crippen LogP contribution in [0.3, 0.4) is 0 Å². The molecule has 0 unspecified atom stereocenters. The van der Waals surface area contributed by atoms with E-state index >= 15 is 0 Å². The molecule has 8 nitrogen and oxygen atoms in total. The highest BCUT2D eigenvalue weighted by atomic mass is 16.5. The van der Waals surface area contributed by atoms with Crippen LogP contribution in [-0.4, -0.2) is 71.5 Å². The third-order valence-corrected chi connectivity index (χ3v) is 5.88. The highest BCUT2D eigenvalue weighted by molar-refractivity contribution is 5.97. The van der Waals surface area contributed by atoms with Gasteiger partial charge in [0.25, 0.3) is 11.8 Å². The molecule has 2 heterocycles. The molecule has 0 saturated carbocycles. The van der Waals surface area contributed by atoms with E-state index in [2.05, 4.69) is 9.97 Å². The third kappa shape index (κ3) is 5.05. The van der Waals surface area contributed by atoms with E-state index < -0.39 is 0 Å². The van der Waals surface area contributed by atoms with Crippen molar-refractivity contribution in [2.45, 2.75) is 20.3 Å². The number of methoxy groups -OCH3 is 1. The summed E-state index contributed by atoms with van der Waals surface area (Å²) in [5.41, 5.74) is 3.81. The van der Waals surface area contributed by atoms with Crippen molar-refractivity contribution in [2.24, 2.45) is 0 Å². The minimum atomic E-state index is -0.109. The standard InChI is InChI=1S/C25H28N4O4/c1-17-18(2)27-21-15-19(9-10-20(21)26-17)25(31)29-12-6-11-28(13-14-29)24(30)16-33-23-8-5-4-7-22(23)32-3/h4-5,7-10,15H,6,11-14,16H2,1-3H3. The van der Waals surface area contributed by atoms with E-state index in [1.807, 2.05) is 32.0 Å². The molecule has 33 heavy (non-hydrogen) atoms. The van der Waals surface area contributed by atoms with Crippen LogP contribution in [0.1, 0.15) is 28.2 Å². The molecule has 1 aliphatic rings. The first-order valence-corrected chi connectivity index (χ1v) is 11.0. The van der Waals surface area contributed by atoms with Gasteiger partial charge in [0, 0.05) is 31.7 Å². The zero-order valence-corrected chi connectivity index (χ0v) is 19.2. The third-order valence-electron chi connectivity index (χ3n) is 5.88. The highest BCUT2D eigenvalue weighted by Gasteiger charge is 2.23. The van der Waals surface area contributed by atoms with E-state index in [-0.39, 0.29) is 18.4 Å². The molecule has 3 aromatic rings. The molecule has 0 N–H and O–H groups in total. The van der Waals surface area contributed by atoms with Gasteiger partial charge in [0.15, 0.2) is 18.1 Å². The van der Waals surface area contributed by atoms with Crippen molar-refractivity contribution in [3.05, 3.63) is 59.4 Å². The molecule has 2 aromatic carbocycles. The number of aromatic nitrogens is 2. The quantitative estimate of drug-likeness (QED) is 0.597. The number of hydrogen-bond donors (Lipinski definition) is 0. The average Bonchev–Trinajstić information content (AvgIpc) is 3.09. The Kier molecular flexibility index (Phi) is 6.72. The van der Waals surface area contributed by atoms with Gasteiger partial charge in [-0.3, -0.25) is 9.59 Å². The molecule has 1 aromatic heterocycles. The lowest BCUT2D eigenvalue weighted by molar-refractivity contribution is -0.133. The largest absolute Gasteiger partial charge is 0.493 e. The van der Waals surface area contributed by atoms with Crippen molar-refractivity contribution < 1.29 is 19.1 Å². The van der Waals surface area contributed by atoms with Gasteiger partial charge in [0.1, 0.15) is 0 Å². The molecule has 0 atom stereocenters. The van der Waals surface area contributed by atoms with Crippen LogP contribution < -0.4 is 9.47 Å². The number of ether oxygens (including phenoxy) is 2. The molecule has 0 aliphatic carbocycles. The normalized spacial score (nSPS) is 14.2. The second-order valence-electron chi connectivity index (χ2n) is 8.06. The zero-order chi connectivity index (χ0) is 23.4. The minimum Gasteiger partial charge on any atom is -0.493 e. The fourth-order valence-corrected chi connectivity index (χ4v) is 3.89. The lowest BCUT2D eigenvalue weighted by atomic mass is 10.1. The minimum absolute atomic E-state index is 0.0588. The Morgan fingerprint density at radius 1 is 0.879 bits per heavy atom. The van der Waals surface area contributed by atoms with Gasteiger partial charge in [0.2, 0.25) is 0 Å². The van der Waals surface area contributed by atoms with E-state index in [4.69, 9.17) is 9.47 Å². The molecule has 8 heteroatoms. The maximum atomic E-state index is 13.1. The van der Waals surface area contributed by atoms with Gasteiger partial charge in [-0.1, -0.05) is 12.1 Å². The maximum Gasteiger partial charge on any atom is 0.260 e. The van der Waals surface area contributed by atoms with E-state index in [9.17, 15) is 9.59 Å². The summed E-state index contributed by atoms with van der Waals surface area (Å²) in [7, 11) is 1.56. The fraction of sp³-hybridized carbons (Fsp3) is 0.360. The molecule has 0 bridgehead atoms. The Bertz CT molecular complexity index is 1180. The molecule has 0 spiro atoms. The number of fused-ring (bicyclic) bond motifs is 1. The highest BCUT2D eigenvalue weighted by Crippen LogP contribution is 2.25. The summed E-state index contributed by atoms with van der Waals surface area (Å²) in [6.45, 7) is 5.87. The molecular weight excluding hydrogens is 420 g/mol. The number of hydrogen-bond acceptors (Lipinski definition) is 6.